The highest BCUT2D eigenvalue weighted by molar-refractivity contribution is 7.08. The van der Waals surface area contributed by atoms with Gasteiger partial charge in [0.05, 0.1) is 12.2 Å². The van der Waals surface area contributed by atoms with Crippen LogP contribution in [0.3, 0.4) is 0 Å². The Labute approximate surface area is 149 Å². The van der Waals surface area contributed by atoms with Gasteiger partial charge in [0, 0.05) is 29.2 Å². The fourth-order valence-corrected chi connectivity index (χ4v) is 3.42. The molecule has 0 fully saturated rings. The van der Waals surface area contributed by atoms with Crippen molar-refractivity contribution in [1.29, 1.82) is 0 Å². The van der Waals surface area contributed by atoms with E-state index >= 15 is 0 Å². The average molecular weight is 347 g/mol. The third-order valence-electron chi connectivity index (χ3n) is 4.10. The van der Waals surface area contributed by atoms with Crippen LogP contribution in [0.4, 0.5) is 0 Å². The third kappa shape index (κ3) is 3.46. The van der Waals surface area contributed by atoms with Gasteiger partial charge < -0.3 is 5.32 Å². The Hall–Kier alpha value is -2.92. The van der Waals surface area contributed by atoms with Gasteiger partial charge in [-0.1, -0.05) is 30.3 Å². The van der Waals surface area contributed by atoms with E-state index in [2.05, 4.69) is 21.9 Å². The molecule has 0 radical (unpaired) electrons. The zero-order valence-electron chi connectivity index (χ0n) is 13.6. The van der Waals surface area contributed by atoms with Crippen LogP contribution < -0.4 is 5.32 Å². The van der Waals surface area contributed by atoms with Crippen LogP contribution in [0, 0.1) is 0 Å². The second kappa shape index (κ2) is 6.91. The average Bonchev–Trinajstić information content (AvgIpc) is 3.32. The minimum absolute atomic E-state index is 0.0593. The second-order valence-corrected chi connectivity index (χ2v) is 6.57. The number of carbonyl (C=O) groups excluding carboxylic acids is 1. The van der Waals surface area contributed by atoms with Crippen LogP contribution in [-0.2, 0) is 6.54 Å². The number of hydrogen-bond acceptors (Lipinski definition) is 3. The lowest BCUT2D eigenvalue weighted by molar-refractivity contribution is 0.0952. The van der Waals surface area contributed by atoms with Crippen molar-refractivity contribution >= 4 is 28.0 Å². The van der Waals surface area contributed by atoms with E-state index < -0.39 is 0 Å². The summed E-state index contributed by atoms with van der Waals surface area (Å²) >= 11 is 1.66. The number of aromatic nitrogens is 2. The van der Waals surface area contributed by atoms with Crippen LogP contribution in [0.15, 0.2) is 71.6 Å². The highest BCUT2D eigenvalue weighted by Crippen LogP contribution is 2.19. The molecule has 0 aliphatic rings. The summed E-state index contributed by atoms with van der Waals surface area (Å²) in [6.07, 6.45) is 1.94. The van der Waals surface area contributed by atoms with Gasteiger partial charge in [0.2, 0.25) is 0 Å². The maximum absolute atomic E-state index is 12.3. The van der Waals surface area contributed by atoms with Gasteiger partial charge in [0.1, 0.15) is 0 Å². The van der Waals surface area contributed by atoms with Crippen molar-refractivity contribution in [3.63, 3.8) is 0 Å². The summed E-state index contributed by atoms with van der Waals surface area (Å²) in [5, 5.41) is 13.8. The minimum atomic E-state index is -0.0593. The standard InChI is InChI=1S/C20H17N3OS/c24-20(17-6-5-15-3-1-2-4-16(15)13-17)21-9-11-23-10-7-19(22-23)18-8-12-25-14-18/h1-8,10,12-14H,9,11H2,(H,21,24). The van der Waals surface area contributed by atoms with E-state index in [1.54, 1.807) is 11.3 Å². The smallest absolute Gasteiger partial charge is 0.251 e. The lowest BCUT2D eigenvalue weighted by Crippen LogP contribution is -2.27. The number of carbonyl (C=O) groups is 1. The van der Waals surface area contributed by atoms with Crippen molar-refractivity contribution in [2.45, 2.75) is 6.54 Å². The molecule has 4 aromatic rings. The zero-order chi connectivity index (χ0) is 17.1. The molecule has 1 amide bonds. The van der Waals surface area contributed by atoms with E-state index in [0.717, 1.165) is 22.0 Å². The molecule has 4 rings (SSSR count). The Balaban J connectivity index is 1.37. The van der Waals surface area contributed by atoms with E-state index in [1.165, 1.54) is 0 Å². The molecule has 2 heterocycles. The van der Waals surface area contributed by atoms with Crippen molar-refractivity contribution in [3.8, 4) is 11.3 Å². The predicted molar refractivity (Wildman–Crippen MR) is 102 cm³/mol. The quantitative estimate of drug-likeness (QED) is 0.588. The van der Waals surface area contributed by atoms with Crippen LogP contribution in [-0.4, -0.2) is 22.2 Å². The van der Waals surface area contributed by atoms with Gasteiger partial charge in [0.15, 0.2) is 0 Å². The van der Waals surface area contributed by atoms with E-state index in [0.29, 0.717) is 18.7 Å². The maximum atomic E-state index is 12.3. The SMILES string of the molecule is O=C(NCCn1ccc(-c2ccsc2)n1)c1ccc2ccccc2c1. The van der Waals surface area contributed by atoms with Gasteiger partial charge in [-0.25, -0.2) is 0 Å². The number of thiophene rings is 1. The number of benzene rings is 2. The summed E-state index contributed by atoms with van der Waals surface area (Å²) in [4.78, 5) is 12.3. The monoisotopic (exact) mass is 347 g/mol. The molecule has 0 saturated carbocycles. The molecule has 0 aliphatic carbocycles. The highest BCUT2D eigenvalue weighted by atomic mass is 32.1. The van der Waals surface area contributed by atoms with Crippen LogP contribution in [0.5, 0.6) is 0 Å². The van der Waals surface area contributed by atoms with E-state index in [9.17, 15) is 4.79 Å². The van der Waals surface area contributed by atoms with Gasteiger partial charge in [-0.3, -0.25) is 9.48 Å². The molecule has 0 bridgehead atoms. The summed E-state index contributed by atoms with van der Waals surface area (Å²) in [5.41, 5.74) is 2.77. The zero-order valence-corrected chi connectivity index (χ0v) is 14.4. The molecule has 25 heavy (non-hydrogen) atoms. The summed E-state index contributed by atoms with van der Waals surface area (Å²) in [6.45, 7) is 1.18. The van der Waals surface area contributed by atoms with Crippen LogP contribution in [0.25, 0.3) is 22.0 Å². The fraction of sp³-hybridized carbons (Fsp3) is 0.100. The number of fused-ring (bicyclic) bond motifs is 1. The maximum Gasteiger partial charge on any atom is 0.251 e. The Bertz CT molecular complexity index is 1000. The summed E-state index contributed by atoms with van der Waals surface area (Å²) in [6, 6.07) is 17.8. The summed E-state index contributed by atoms with van der Waals surface area (Å²) < 4.78 is 1.85. The van der Waals surface area contributed by atoms with Crippen molar-refractivity contribution in [3.05, 3.63) is 77.1 Å². The molecule has 0 saturated heterocycles. The molecule has 4 nitrogen and oxygen atoms in total. The first kappa shape index (κ1) is 15.6. The van der Waals surface area contributed by atoms with E-state index in [1.807, 2.05) is 64.8 Å². The number of hydrogen-bond donors (Lipinski definition) is 1. The molecule has 2 aromatic heterocycles. The van der Waals surface area contributed by atoms with E-state index in [-0.39, 0.29) is 5.91 Å². The molecule has 1 N–H and O–H groups in total. The lowest BCUT2D eigenvalue weighted by Gasteiger charge is -2.06. The van der Waals surface area contributed by atoms with Crippen molar-refractivity contribution < 1.29 is 4.79 Å². The van der Waals surface area contributed by atoms with Crippen LogP contribution in [0.1, 0.15) is 10.4 Å². The highest BCUT2D eigenvalue weighted by Gasteiger charge is 2.07. The normalized spacial score (nSPS) is 10.9. The van der Waals surface area contributed by atoms with Crippen molar-refractivity contribution in [2.24, 2.45) is 0 Å². The molecule has 0 unspecified atom stereocenters. The first-order chi connectivity index (χ1) is 12.3. The first-order valence-electron chi connectivity index (χ1n) is 8.13. The lowest BCUT2D eigenvalue weighted by atomic mass is 10.1. The molecular weight excluding hydrogens is 330 g/mol. The van der Waals surface area contributed by atoms with Crippen LogP contribution in [0.2, 0.25) is 0 Å². The number of rotatable bonds is 5. The Morgan fingerprint density at radius 2 is 1.96 bits per heavy atom. The molecule has 0 aliphatic heterocycles. The van der Waals surface area contributed by atoms with Crippen molar-refractivity contribution in [2.75, 3.05) is 6.54 Å². The largest absolute Gasteiger partial charge is 0.350 e. The second-order valence-electron chi connectivity index (χ2n) is 5.79. The minimum Gasteiger partial charge on any atom is -0.350 e. The third-order valence-corrected chi connectivity index (χ3v) is 4.78. The van der Waals surface area contributed by atoms with Gasteiger partial charge in [-0.15, -0.1) is 0 Å². The summed E-state index contributed by atoms with van der Waals surface area (Å²) in [7, 11) is 0. The van der Waals surface area contributed by atoms with Crippen LogP contribution >= 0.6 is 11.3 Å². The van der Waals surface area contributed by atoms with Gasteiger partial charge >= 0.3 is 0 Å². The fourth-order valence-electron chi connectivity index (χ4n) is 2.77. The topological polar surface area (TPSA) is 46.9 Å². The Morgan fingerprint density at radius 3 is 2.80 bits per heavy atom. The molecular formula is C20H17N3OS. The molecule has 2 aromatic carbocycles. The van der Waals surface area contributed by atoms with Gasteiger partial charge in [0.25, 0.3) is 5.91 Å². The Morgan fingerprint density at radius 1 is 1.08 bits per heavy atom. The molecule has 0 spiro atoms. The molecule has 0 atom stereocenters. The van der Waals surface area contributed by atoms with E-state index in [4.69, 9.17) is 0 Å². The Kier molecular flexibility index (Phi) is 4.31. The first-order valence-corrected chi connectivity index (χ1v) is 9.07. The summed E-state index contributed by atoms with van der Waals surface area (Å²) in [5.74, 6) is -0.0593. The number of nitrogens with one attached hydrogen (secondary N) is 1. The van der Waals surface area contributed by atoms with Gasteiger partial charge in [-0.2, -0.15) is 16.4 Å². The molecule has 5 heteroatoms. The van der Waals surface area contributed by atoms with Gasteiger partial charge in [-0.05, 0) is 40.4 Å². The number of amides is 1. The number of nitrogens with zero attached hydrogens (tertiary/aromatic N) is 2. The van der Waals surface area contributed by atoms with Crippen molar-refractivity contribution in [1.82, 2.24) is 15.1 Å². The predicted octanol–water partition coefficient (Wildman–Crippen LogP) is 4.19. The molecule has 124 valence electrons.